The van der Waals surface area contributed by atoms with Crippen molar-refractivity contribution in [1.82, 2.24) is 10.2 Å². The summed E-state index contributed by atoms with van der Waals surface area (Å²) in [4.78, 5) is 28.0. The van der Waals surface area contributed by atoms with Crippen LogP contribution in [-0.2, 0) is 22.6 Å². The zero-order valence-corrected chi connectivity index (χ0v) is 20.8. The van der Waals surface area contributed by atoms with Crippen LogP contribution in [-0.4, -0.2) is 43.0 Å². The summed E-state index contributed by atoms with van der Waals surface area (Å²) < 4.78 is 25.4. The first-order valence-electron chi connectivity index (χ1n) is 12.1. The first kappa shape index (κ1) is 26.7. The topological polar surface area (TPSA) is 67.9 Å². The highest BCUT2D eigenvalue weighted by Crippen LogP contribution is 2.19. The summed E-state index contributed by atoms with van der Waals surface area (Å²) in [5.74, 6) is 0.503. The maximum Gasteiger partial charge on any atom is 0.243 e. The van der Waals surface area contributed by atoms with Gasteiger partial charge in [0, 0.05) is 31.5 Å². The number of methoxy groups -OCH3 is 1. The lowest BCUT2D eigenvalue weighted by molar-refractivity contribution is -0.141. The van der Waals surface area contributed by atoms with E-state index in [0.717, 1.165) is 11.3 Å². The number of amides is 2. The summed E-state index contributed by atoms with van der Waals surface area (Å²) >= 11 is 0. The van der Waals surface area contributed by atoms with Gasteiger partial charge in [0.25, 0.3) is 0 Å². The van der Waals surface area contributed by atoms with Crippen LogP contribution < -0.4 is 14.8 Å². The highest BCUT2D eigenvalue weighted by Gasteiger charge is 2.30. The Bertz CT molecular complexity index is 1110. The van der Waals surface area contributed by atoms with Gasteiger partial charge >= 0.3 is 0 Å². The fraction of sp³-hybridized carbons (Fsp3) is 0.310. The van der Waals surface area contributed by atoms with Gasteiger partial charge in [-0.3, -0.25) is 9.59 Å². The van der Waals surface area contributed by atoms with Crippen molar-refractivity contribution < 1.29 is 23.5 Å². The summed E-state index contributed by atoms with van der Waals surface area (Å²) in [6.45, 7) is 2.59. The summed E-state index contributed by atoms with van der Waals surface area (Å²) in [5, 5.41) is 2.84. The minimum atomic E-state index is -0.776. The third-order valence-corrected chi connectivity index (χ3v) is 5.78. The molecule has 0 spiro atoms. The molecule has 3 aromatic carbocycles. The molecule has 0 bridgehead atoms. The van der Waals surface area contributed by atoms with E-state index in [1.807, 2.05) is 37.3 Å². The number of hydrogen-bond donors (Lipinski definition) is 1. The van der Waals surface area contributed by atoms with E-state index < -0.39 is 11.9 Å². The Kier molecular flexibility index (Phi) is 10.3. The summed E-state index contributed by atoms with van der Waals surface area (Å²) in [5.41, 5.74) is 1.28. The van der Waals surface area contributed by atoms with Crippen molar-refractivity contribution in [3.8, 4) is 11.5 Å². The van der Waals surface area contributed by atoms with E-state index in [4.69, 9.17) is 9.47 Å². The Morgan fingerprint density at radius 1 is 0.944 bits per heavy atom. The predicted octanol–water partition coefficient (Wildman–Crippen LogP) is 4.77. The standard InChI is InChI=1S/C29H33FN2O4/c1-3-31-29(34)27(20-22-10-5-4-6-11-22)32(21-23-12-7-8-13-26(23)30)28(33)14-9-19-36-25-17-15-24(35-2)16-18-25/h4-8,10-13,15-18,27H,3,9,14,19-21H2,1-2H3,(H,31,34)/t27-/m1/s1. The largest absolute Gasteiger partial charge is 0.497 e. The molecule has 0 radical (unpaired) electrons. The zero-order valence-electron chi connectivity index (χ0n) is 20.8. The third-order valence-electron chi connectivity index (χ3n) is 5.78. The number of carbonyl (C=O) groups is 2. The number of benzene rings is 3. The van der Waals surface area contributed by atoms with Gasteiger partial charge in [0.1, 0.15) is 23.4 Å². The molecule has 6 nitrogen and oxygen atoms in total. The van der Waals surface area contributed by atoms with Gasteiger partial charge < -0.3 is 19.7 Å². The first-order valence-corrected chi connectivity index (χ1v) is 12.1. The van der Waals surface area contributed by atoms with Crippen LogP contribution in [0.15, 0.2) is 78.9 Å². The minimum Gasteiger partial charge on any atom is -0.497 e. The number of rotatable bonds is 13. The van der Waals surface area contributed by atoms with E-state index in [9.17, 15) is 14.0 Å². The molecule has 0 aliphatic heterocycles. The number of halogens is 1. The molecule has 0 saturated carbocycles. The second kappa shape index (κ2) is 13.9. The monoisotopic (exact) mass is 492 g/mol. The number of likely N-dealkylation sites (N-methyl/N-ethyl adjacent to an activating group) is 1. The molecular weight excluding hydrogens is 459 g/mol. The normalized spacial score (nSPS) is 11.4. The third kappa shape index (κ3) is 7.83. The van der Waals surface area contributed by atoms with Crippen LogP contribution in [0.5, 0.6) is 11.5 Å². The first-order chi connectivity index (χ1) is 17.5. The van der Waals surface area contributed by atoms with E-state index in [1.165, 1.54) is 11.0 Å². The molecule has 7 heteroatoms. The molecule has 190 valence electrons. The molecule has 3 rings (SSSR count). The molecule has 36 heavy (non-hydrogen) atoms. The molecule has 0 heterocycles. The summed E-state index contributed by atoms with van der Waals surface area (Å²) in [6.07, 6.45) is 0.941. The second-order valence-corrected chi connectivity index (χ2v) is 8.34. The molecule has 2 amide bonds. The lowest BCUT2D eigenvalue weighted by Gasteiger charge is -2.31. The van der Waals surface area contributed by atoms with Crippen molar-refractivity contribution in [3.63, 3.8) is 0 Å². The summed E-state index contributed by atoms with van der Waals surface area (Å²) in [7, 11) is 1.60. The van der Waals surface area contributed by atoms with Gasteiger partial charge in [-0.05, 0) is 49.2 Å². The number of hydrogen-bond acceptors (Lipinski definition) is 4. The van der Waals surface area contributed by atoms with Crippen LogP contribution in [0.2, 0.25) is 0 Å². The van der Waals surface area contributed by atoms with Gasteiger partial charge in [-0.1, -0.05) is 48.5 Å². The van der Waals surface area contributed by atoms with Crippen molar-refractivity contribution in [2.75, 3.05) is 20.3 Å². The zero-order chi connectivity index (χ0) is 25.8. The molecule has 3 aromatic rings. The molecule has 0 aliphatic rings. The Labute approximate surface area is 212 Å². The van der Waals surface area contributed by atoms with E-state index >= 15 is 0 Å². The second-order valence-electron chi connectivity index (χ2n) is 8.34. The van der Waals surface area contributed by atoms with Crippen molar-refractivity contribution in [1.29, 1.82) is 0 Å². The maximum atomic E-state index is 14.5. The van der Waals surface area contributed by atoms with Crippen LogP contribution in [0.3, 0.4) is 0 Å². The van der Waals surface area contributed by atoms with Gasteiger partial charge in [-0.15, -0.1) is 0 Å². The number of nitrogens with one attached hydrogen (secondary N) is 1. The molecule has 0 fully saturated rings. The van der Waals surface area contributed by atoms with E-state index in [1.54, 1.807) is 49.6 Å². The fourth-order valence-electron chi connectivity index (χ4n) is 3.89. The van der Waals surface area contributed by atoms with Crippen LogP contribution in [0.1, 0.15) is 30.9 Å². The van der Waals surface area contributed by atoms with Gasteiger partial charge in [-0.25, -0.2) is 4.39 Å². The number of carbonyl (C=O) groups excluding carboxylic acids is 2. The lowest BCUT2D eigenvalue weighted by atomic mass is 10.0. The van der Waals surface area contributed by atoms with E-state index in [-0.39, 0.29) is 24.8 Å². The molecule has 0 aliphatic carbocycles. The van der Waals surface area contributed by atoms with Gasteiger partial charge in [0.05, 0.1) is 13.7 Å². The summed E-state index contributed by atoms with van der Waals surface area (Å²) in [6, 6.07) is 22.3. The van der Waals surface area contributed by atoms with E-state index in [0.29, 0.717) is 37.3 Å². The fourth-order valence-corrected chi connectivity index (χ4v) is 3.89. The minimum absolute atomic E-state index is 0.000518. The van der Waals surface area contributed by atoms with Crippen molar-refractivity contribution in [3.05, 3.63) is 95.8 Å². The van der Waals surface area contributed by atoms with Gasteiger partial charge in [-0.2, -0.15) is 0 Å². The Morgan fingerprint density at radius 3 is 2.28 bits per heavy atom. The van der Waals surface area contributed by atoms with E-state index in [2.05, 4.69) is 5.32 Å². The molecular formula is C29H33FN2O4. The molecule has 0 saturated heterocycles. The van der Waals surface area contributed by atoms with Crippen molar-refractivity contribution in [2.24, 2.45) is 0 Å². The smallest absolute Gasteiger partial charge is 0.243 e. The highest BCUT2D eigenvalue weighted by molar-refractivity contribution is 5.88. The molecule has 1 N–H and O–H groups in total. The predicted molar refractivity (Wildman–Crippen MR) is 137 cm³/mol. The number of ether oxygens (including phenoxy) is 2. The Hall–Kier alpha value is -3.87. The quantitative estimate of drug-likeness (QED) is 0.349. The average molecular weight is 493 g/mol. The van der Waals surface area contributed by atoms with Gasteiger partial charge in [0.2, 0.25) is 11.8 Å². The van der Waals surface area contributed by atoms with Crippen LogP contribution in [0, 0.1) is 5.82 Å². The highest BCUT2D eigenvalue weighted by atomic mass is 19.1. The van der Waals surface area contributed by atoms with Crippen molar-refractivity contribution in [2.45, 2.75) is 38.8 Å². The molecule has 1 atom stereocenters. The van der Waals surface area contributed by atoms with Gasteiger partial charge in [0.15, 0.2) is 0 Å². The molecule has 0 aromatic heterocycles. The average Bonchev–Trinajstić information content (AvgIpc) is 2.90. The van der Waals surface area contributed by atoms with Crippen molar-refractivity contribution >= 4 is 11.8 Å². The number of nitrogens with zero attached hydrogens (tertiary/aromatic N) is 1. The maximum absolute atomic E-state index is 14.5. The molecule has 0 unspecified atom stereocenters. The Balaban J connectivity index is 1.75. The Morgan fingerprint density at radius 2 is 1.61 bits per heavy atom. The van der Waals surface area contributed by atoms with Crippen LogP contribution in [0.25, 0.3) is 0 Å². The van der Waals surface area contributed by atoms with Crippen LogP contribution in [0.4, 0.5) is 4.39 Å². The van der Waals surface area contributed by atoms with Crippen LogP contribution >= 0.6 is 0 Å². The SMILES string of the molecule is CCNC(=O)[C@@H](Cc1ccccc1)N(Cc1ccccc1F)C(=O)CCCOc1ccc(OC)cc1. The lowest BCUT2D eigenvalue weighted by Crippen LogP contribution is -2.50.